The molecule has 12 heteroatoms. The Balaban J connectivity index is 0.000000240. The molecule has 2 fully saturated rings. The fourth-order valence-electron chi connectivity index (χ4n) is 1.69. The first-order valence-corrected chi connectivity index (χ1v) is 18.0. The van der Waals surface area contributed by atoms with Gasteiger partial charge in [0, 0.05) is 30.5 Å². The molecule has 0 aromatic carbocycles. The van der Waals surface area contributed by atoms with Gasteiger partial charge >= 0.3 is 0 Å². The van der Waals surface area contributed by atoms with E-state index in [0.717, 1.165) is 34.1 Å². The van der Waals surface area contributed by atoms with Gasteiger partial charge in [-0.1, -0.05) is 0 Å². The summed E-state index contributed by atoms with van der Waals surface area (Å²) in [5.41, 5.74) is 0. The monoisotopic (exact) mass is 552 g/mol. The zero-order valence-corrected chi connectivity index (χ0v) is 23.1. The maximum atomic E-state index is 4.23. The molecule has 2 heterocycles. The van der Waals surface area contributed by atoms with Crippen molar-refractivity contribution in [3.63, 3.8) is 0 Å². The van der Waals surface area contributed by atoms with Crippen LogP contribution in [-0.2, 0) is 0 Å². The van der Waals surface area contributed by atoms with E-state index in [1.165, 1.54) is 23.0 Å². The zero-order valence-electron chi connectivity index (χ0n) is 13.0. The van der Waals surface area contributed by atoms with Crippen molar-refractivity contribution in [3.05, 3.63) is 0 Å². The largest absolute Gasteiger partial charge is 0.168 e. The number of thioether (sulfide) groups is 8. The Bertz CT molecular complexity index is 267. The normalized spacial score (nSPS) is 24.4. The zero-order chi connectivity index (χ0) is 17.6. The molecule has 2 aliphatic heterocycles. The molecule has 2 rings (SSSR count). The molecule has 0 nitrogen and oxygen atoms in total. The summed E-state index contributed by atoms with van der Waals surface area (Å²) in [6, 6.07) is 0. The van der Waals surface area contributed by atoms with E-state index in [2.05, 4.69) is 97.6 Å². The van der Waals surface area contributed by atoms with Crippen LogP contribution < -0.4 is 0 Å². The van der Waals surface area contributed by atoms with Gasteiger partial charge in [0.25, 0.3) is 0 Å². The van der Waals surface area contributed by atoms with Crippen LogP contribution in [0, 0.1) is 0 Å². The van der Waals surface area contributed by atoms with Gasteiger partial charge in [-0.3, -0.25) is 0 Å². The van der Waals surface area contributed by atoms with E-state index in [-0.39, 0.29) is 0 Å². The molecule has 0 aliphatic carbocycles. The highest BCUT2D eigenvalue weighted by Gasteiger charge is 2.23. The minimum absolute atomic E-state index is 0.699. The van der Waals surface area contributed by atoms with E-state index in [4.69, 9.17) is 0 Å². The summed E-state index contributed by atoms with van der Waals surface area (Å²) >= 11 is 33.0. The molecule has 0 bridgehead atoms. The Hall–Kier alpha value is 4.20. The van der Waals surface area contributed by atoms with Gasteiger partial charge in [-0.2, -0.15) is 50.5 Å². The number of hydrogen-bond donors (Lipinski definition) is 4. The lowest BCUT2D eigenvalue weighted by molar-refractivity contribution is 1.03. The molecule has 24 heavy (non-hydrogen) atoms. The van der Waals surface area contributed by atoms with Crippen LogP contribution in [0.15, 0.2) is 0 Å². The summed E-state index contributed by atoms with van der Waals surface area (Å²) < 4.78 is 3.07. The third-order valence-corrected chi connectivity index (χ3v) is 15.2. The summed E-state index contributed by atoms with van der Waals surface area (Å²) in [5.74, 6) is 0. The molecule has 0 spiro atoms. The summed E-state index contributed by atoms with van der Waals surface area (Å²) in [7, 11) is 0. The number of hydrogen-bond acceptors (Lipinski definition) is 12. The highest BCUT2D eigenvalue weighted by atomic mass is 32.3. The van der Waals surface area contributed by atoms with E-state index >= 15 is 0 Å². The van der Waals surface area contributed by atoms with Gasteiger partial charge in [-0.25, -0.2) is 0 Å². The molecule has 0 radical (unpaired) electrons. The first kappa shape index (κ1) is 26.2. The molecule has 0 saturated carbocycles. The molecular weight excluding hydrogens is 529 g/mol. The fraction of sp³-hybridized carbons (Fsp3) is 1.00. The van der Waals surface area contributed by atoms with Crippen LogP contribution in [0.1, 0.15) is 12.8 Å². The van der Waals surface area contributed by atoms with E-state index in [0.29, 0.717) is 4.58 Å². The van der Waals surface area contributed by atoms with E-state index in [9.17, 15) is 0 Å². The minimum Gasteiger partial charge on any atom is -0.168 e. The Morgan fingerprint density at radius 3 is 1.62 bits per heavy atom. The quantitative estimate of drug-likeness (QED) is 0.161. The molecule has 0 aromatic rings. The van der Waals surface area contributed by atoms with Gasteiger partial charge in [0.2, 0.25) is 0 Å². The predicted octanol–water partition coefficient (Wildman–Crippen LogP) is 7.41. The van der Waals surface area contributed by atoms with E-state index in [1.807, 2.05) is 47.0 Å². The lowest BCUT2D eigenvalue weighted by Gasteiger charge is -2.27. The average molecular weight is 553 g/mol. The van der Waals surface area contributed by atoms with Gasteiger partial charge < -0.3 is 0 Å². The summed E-state index contributed by atoms with van der Waals surface area (Å²) in [4.78, 5) is 0. The van der Waals surface area contributed by atoms with Crippen molar-refractivity contribution in [2.75, 3.05) is 30.5 Å². The second-order valence-corrected chi connectivity index (χ2v) is 18.7. The van der Waals surface area contributed by atoms with Crippen molar-refractivity contribution in [2.45, 2.75) is 31.2 Å². The number of thiol groups is 4. The number of rotatable bonds is 10. The Morgan fingerprint density at radius 1 is 0.750 bits per heavy atom. The molecule has 0 N–H and O–H groups in total. The van der Waals surface area contributed by atoms with Crippen LogP contribution in [0.2, 0.25) is 0 Å². The molecule has 0 amide bonds. The maximum absolute atomic E-state index is 4.23. The summed E-state index contributed by atoms with van der Waals surface area (Å²) in [6.07, 6.45) is 2.59. The Morgan fingerprint density at radius 2 is 1.25 bits per heavy atom. The van der Waals surface area contributed by atoms with Crippen molar-refractivity contribution in [2.24, 2.45) is 0 Å². The Kier molecular flexibility index (Phi) is 19.7. The predicted molar refractivity (Wildman–Crippen MR) is 150 cm³/mol. The molecule has 2 saturated heterocycles. The van der Waals surface area contributed by atoms with Gasteiger partial charge in [-0.05, 0) is 12.8 Å². The van der Waals surface area contributed by atoms with Gasteiger partial charge in [0.05, 0.1) is 18.3 Å². The average Bonchev–Trinajstić information content (AvgIpc) is 2.53. The summed E-state index contributed by atoms with van der Waals surface area (Å²) in [6.45, 7) is 0. The lowest BCUT2D eigenvalue weighted by Crippen LogP contribution is -2.13. The van der Waals surface area contributed by atoms with Crippen LogP contribution >= 0.6 is 145 Å². The lowest BCUT2D eigenvalue weighted by atomic mass is 10.5. The maximum Gasteiger partial charge on any atom is 0.0537 e. The first-order chi connectivity index (χ1) is 11.7. The summed E-state index contributed by atoms with van der Waals surface area (Å²) in [5, 5.41) is 6.26. The van der Waals surface area contributed by atoms with Gasteiger partial charge in [0.1, 0.15) is 0 Å². The highest BCUT2D eigenvalue weighted by molar-refractivity contribution is 8.32. The van der Waals surface area contributed by atoms with Crippen LogP contribution in [0.25, 0.3) is 0 Å². The SMILES string of the molecule is SCSC(CC1SCS1)SCS.SCSC1CC(SCS)SCS1. The first-order valence-electron chi connectivity index (χ1n) is 7.09. The minimum atomic E-state index is 0.699. The second kappa shape index (κ2) is 18.0. The van der Waals surface area contributed by atoms with Crippen LogP contribution in [-0.4, -0.2) is 48.8 Å². The van der Waals surface area contributed by atoms with Crippen LogP contribution in [0.5, 0.6) is 0 Å². The molecule has 144 valence electrons. The van der Waals surface area contributed by atoms with Crippen molar-refractivity contribution in [1.82, 2.24) is 0 Å². The van der Waals surface area contributed by atoms with Gasteiger partial charge in [-0.15, -0.1) is 94.1 Å². The van der Waals surface area contributed by atoms with Crippen molar-refractivity contribution in [1.29, 1.82) is 0 Å². The molecule has 2 atom stereocenters. The smallest absolute Gasteiger partial charge is 0.0537 e. The standard InChI is InChI=1S/2C6H12S6/c7-2-9-5-1-6(10-3-8)12-4-11-5;7-2-9-5(10-3-8)1-6-11-4-12-6/h2*5-8H,1-4H2. The van der Waals surface area contributed by atoms with E-state index in [1.54, 1.807) is 0 Å². The second-order valence-electron chi connectivity index (χ2n) is 4.28. The fourth-order valence-corrected chi connectivity index (χ4v) is 15.1. The topological polar surface area (TPSA) is 0 Å². The van der Waals surface area contributed by atoms with Crippen molar-refractivity contribution >= 4 is 145 Å². The third kappa shape index (κ3) is 12.7. The van der Waals surface area contributed by atoms with Crippen LogP contribution in [0.3, 0.4) is 0 Å². The van der Waals surface area contributed by atoms with Crippen molar-refractivity contribution < 1.29 is 0 Å². The third-order valence-electron chi connectivity index (χ3n) is 2.83. The van der Waals surface area contributed by atoms with Gasteiger partial charge in [0.15, 0.2) is 0 Å². The van der Waals surface area contributed by atoms with Crippen LogP contribution in [0.4, 0.5) is 0 Å². The van der Waals surface area contributed by atoms with E-state index < -0.39 is 0 Å². The molecule has 0 aromatic heterocycles. The van der Waals surface area contributed by atoms with Crippen molar-refractivity contribution in [3.8, 4) is 0 Å². The Labute approximate surface area is 203 Å². The highest BCUT2D eigenvalue weighted by Crippen LogP contribution is 2.45. The molecule has 2 unspecified atom stereocenters. The molecule has 2 aliphatic rings. The molecular formula is C12H24S12.